The monoisotopic (exact) mass is 410 g/mol. The van der Waals surface area contributed by atoms with Gasteiger partial charge in [0.05, 0.1) is 22.0 Å². The summed E-state index contributed by atoms with van der Waals surface area (Å²) >= 11 is 0. The van der Waals surface area contributed by atoms with Crippen molar-refractivity contribution in [2.45, 2.75) is 6.54 Å². The van der Waals surface area contributed by atoms with Gasteiger partial charge in [0.25, 0.3) is 5.69 Å². The molecular weight excluding hydrogens is 396 g/mol. The number of aromatic nitrogens is 2. The number of carbonyl (C=O) groups is 1. The number of carbonyl (C=O) groups excluding carboxylic acids is 1. The number of hydrogen-bond donors (Lipinski definition) is 1. The van der Waals surface area contributed by atoms with Gasteiger partial charge in [-0.3, -0.25) is 24.9 Å². The molecule has 0 aliphatic heterocycles. The summed E-state index contributed by atoms with van der Waals surface area (Å²) in [5, 5.41) is 28.8. The van der Waals surface area contributed by atoms with Gasteiger partial charge in [0, 0.05) is 17.7 Å². The van der Waals surface area contributed by atoms with Crippen molar-refractivity contribution in [1.29, 1.82) is 0 Å². The number of nitrogens with zero attached hydrogens (tertiary/aromatic N) is 5. The van der Waals surface area contributed by atoms with Crippen molar-refractivity contribution in [2.75, 3.05) is 0 Å². The summed E-state index contributed by atoms with van der Waals surface area (Å²) in [6.07, 6.45) is 2.46. The Morgan fingerprint density at radius 2 is 1.60 bits per heavy atom. The van der Waals surface area contributed by atoms with E-state index < -0.39 is 15.8 Å². The van der Waals surface area contributed by atoms with E-state index >= 15 is 0 Å². The van der Waals surface area contributed by atoms with Crippen LogP contribution in [-0.2, 0) is 11.4 Å². The highest BCUT2D eigenvalue weighted by atomic mass is 16.7. The molecule has 3 aromatic rings. The molecule has 0 radical (unpaired) electrons. The molecule has 0 spiro atoms. The fraction of sp³-hybridized carbons (Fsp3) is 0.0556. The molecule has 30 heavy (non-hydrogen) atoms. The summed E-state index contributed by atoms with van der Waals surface area (Å²) in [7, 11) is 0. The number of non-ortho nitro benzene ring substituents is 1. The number of hydrogen-bond acceptors (Lipinski definition) is 8. The van der Waals surface area contributed by atoms with Gasteiger partial charge in [-0.15, -0.1) is 0 Å². The minimum Gasteiger partial charge on any atom is -0.380 e. The molecule has 12 nitrogen and oxygen atoms in total. The molecule has 0 saturated heterocycles. The number of oxime groups is 1. The molecular formula is C18H14N6O6. The topological polar surface area (TPSA) is 169 Å². The normalized spacial score (nSPS) is 11.1. The summed E-state index contributed by atoms with van der Waals surface area (Å²) < 4.78 is 1.40. The molecule has 12 heteroatoms. The average Bonchev–Trinajstić information content (AvgIpc) is 3.21. The van der Waals surface area contributed by atoms with Gasteiger partial charge in [0.2, 0.25) is 0 Å². The molecule has 0 atom stereocenters. The number of benzene rings is 2. The van der Waals surface area contributed by atoms with Crippen molar-refractivity contribution in [2.24, 2.45) is 10.9 Å². The van der Waals surface area contributed by atoms with Gasteiger partial charge in [0.1, 0.15) is 12.4 Å². The van der Waals surface area contributed by atoms with Crippen molar-refractivity contribution in [3.8, 4) is 0 Å². The Morgan fingerprint density at radius 1 is 1.00 bits per heavy atom. The van der Waals surface area contributed by atoms with Crippen LogP contribution in [0.4, 0.5) is 11.4 Å². The Balaban J connectivity index is 1.61. The lowest BCUT2D eigenvalue weighted by molar-refractivity contribution is -0.385. The van der Waals surface area contributed by atoms with Gasteiger partial charge in [-0.2, -0.15) is 5.10 Å². The SMILES string of the molecule is N/C(=N\OC(=O)c1ccc(Cn2cc([N+](=O)[O-])cn2)cc1)c1ccc([N+](=O)[O-])cc1. The molecule has 0 aliphatic carbocycles. The smallest absolute Gasteiger partial charge is 0.365 e. The van der Waals surface area contributed by atoms with Crippen LogP contribution < -0.4 is 5.73 Å². The Morgan fingerprint density at radius 3 is 2.17 bits per heavy atom. The number of nitro groups is 2. The van der Waals surface area contributed by atoms with Crippen LogP contribution in [0.1, 0.15) is 21.5 Å². The third-order valence-corrected chi connectivity index (χ3v) is 3.97. The van der Waals surface area contributed by atoms with Gasteiger partial charge >= 0.3 is 11.7 Å². The fourth-order valence-corrected chi connectivity index (χ4v) is 2.42. The van der Waals surface area contributed by atoms with E-state index in [-0.39, 0.29) is 29.3 Å². The Bertz CT molecular complexity index is 1120. The van der Waals surface area contributed by atoms with Crippen LogP contribution >= 0.6 is 0 Å². The molecule has 0 bridgehead atoms. The number of amidine groups is 1. The zero-order valence-corrected chi connectivity index (χ0v) is 15.2. The van der Waals surface area contributed by atoms with Crippen molar-refractivity contribution in [3.63, 3.8) is 0 Å². The maximum atomic E-state index is 12.1. The van der Waals surface area contributed by atoms with Crippen molar-refractivity contribution < 1.29 is 19.5 Å². The lowest BCUT2D eigenvalue weighted by atomic mass is 10.1. The predicted octanol–water partition coefficient (Wildman–Crippen LogP) is 2.23. The van der Waals surface area contributed by atoms with Crippen molar-refractivity contribution in [3.05, 3.63) is 97.8 Å². The average molecular weight is 410 g/mol. The largest absolute Gasteiger partial charge is 0.380 e. The van der Waals surface area contributed by atoms with Crippen LogP contribution in [0, 0.1) is 20.2 Å². The number of rotatable bonds is 7. The Kier molecular flexibility index (Phi) is 5.77. The Hall–Kier alpha value is -4.61. The summed E-state index contributed by atoms with van der Waals surface area (Å²) in [5.74, 6) is -0.865. The third kappa shape index (κ3) is 4.81. The summed E-state index contributed by atoms with van der Waals surface area (Å²) in [5.41, 5.74) is 6.84. The van der Waals surface area contributed by atoms with Crippen LogP contribution in [0.3, 0.4) is 0 Å². The van der Waals surface area contributed by atoms with Gasteiger partial charge < -0.3 is 10.6 Å². The highest BCUT2D eigenvalue weighted by molar-refractivity contribution is 5.98. The minimum atomic E-state index is -0.749. The number of nitro benzene ring substituents is 1. The van der Waals surface area contributed by atoms with E-state index in [1.165, 1.54) is 47.3 Å². The predicted molar refractivity (Wildman–Crippen MR) is 104 cm³/mol. The molecule has 0 fully saturated rings. The molecule has 0 saturated carbocycles. The molecule has 0 unspecified atom stereocenters. The van der Waals surface area contributed by atoms with E-state index in [1.807, 2.05) is 0 Å². The van der Waals surface area contributed by atoms with Crippen molar-refractivity contribution in [1.82, 2.24) is 9.78 Å². The van der Waals surface area contributed by atoms with E-state index in [2.05, 4.69) is 10.3 Å². The first-order valence-electron chi connectivity index (χ1n) is 8.39. The second-order valence-corrected chi connectivity index (χ2v) is 6.01. The highest BCUT2D eigenvalue weighted by Gasteiger charge is 2.11. The minimum absolute atomic E-state index is 0.103. The summed E-state index contributed by atoms with van der Waals surface area (Å²) in [6.45, 7) is 0.286. The second kappa shape index (κ2) is 8.60. The lowest BCUT2D eigenvalue weighted by Gasteiger charge is -2.04. The molecule has 2 N–H and O–H groups in total. The Labute approximate surface area is 168 Å². The van der Waals surface area contributed by atoms with E-state index in [0.29, 0.717) is 5.56 Å². The van der Waals surface area contributed by atoms with Gasteiger partial charge in [-0.1, -0.05) is 17.3 Å². The highest BCUT2D eigenvalue weighted by Crippen LogP contribution is 2.13. The van der Waals surface area contributed by atoms with E-state index in [9.17, 15) is 25.0 Å². The van der Waals surface area contributed by atoms with Crippen molar-refractivity contribution >= 4 is 23.2 Å². The molecule has 1 aromatic heterocycles. The van der Waals surface area contributed by atoms with Crippen LogP contribution in [0.15, 0.2) is 66.1 Å². The quantitative estimate of drug-likeness (QED) is 0.203. The molecule has 2 aromatic carbocycles. The maximum absolute atomic E-state index is 12.1. The van der Waals surface area contributed by atoms with Crippen LogP contribution in [0.25, 0.3) is 0 Å². The first-order valence-corrected chi connectivity index (χ1v) is 8.39. The van der Waals surface area contributed by atoms with Gasteiger partial charge in [0.15, 0.2) is 5.84 Å². The van der Waals surface area contributed by atoms with E-state index in [1.54, 1.807) is 12.1 Å². The van der Waals surface area contributed by atoms with E-state index in [0.717, 1.165) is 11.8 Å². The van der Waals surface area contributed by atoms with Crippen LogP contribution in [0.5, 0.6) is 0 Å². The molecule has 0 aliphatic rings. The summed E-state index contributed by atoms with van der Waals surface area (Å²) in [4.78, 5) is 37.2. The first kappa shape index (κ1) is 20.1. The third-order valence-electron chi connectivity index (χ3n) is 3.97. The zero-order chi connectivity index (χ0) is 21.7. The lowest BCUT2D eigenvalue weighted by Crippen LogP contribution is -2.15. The first-order chi connectivity index (χ1) is 14.3. The standard InChI is InChI=1S/C18H14N6O6/c19-17(13-5-7-15(8-6-13)23(26)27)21-30-18(25)14-3-1-12(2-4-14)10-22-11-16(9-20-22)24(28)29/h1-9,11H,10H2,(H2,19,21). The fourth-order valence-electron chi connectivity index (χ4n) is 2.42. The van der Waals surface area contributed by atoms with Gasteiger partial charge in [-0.25, -0.2) is 4.79 Å². The van der Waals surface area contributed by atoms with Crippen LogP contribution in [0.2, 0.25) is 0 Å². The number of nitrogens with two attached hydrogens (primary N) is 1. The zero-order valence-electron chi connectivity index (χ0n) is 15.2. The molecule has 3 rings (SSSR count). The molecule has 1 heterocycles. The molecule has 152 valence electrons. The van der Waals surface area contributed by atoms with Gasteiger partial charge in [-0.05, 0) is 29.8 Å². The van der Waals surface area contributed by atoms with Crippen LogP contribution in [-0.4, -0.2) is 31.4 Å². The summed E-state index contributed by atoms with van der Waals surface area (Å²) in [6, 6.07) is 11.6. The molecule has 0 amide bonds. The van der Waals surface area contributed by atoms with E-state index in [4.69, 9.17) is 10.6 Å². The second-order valence-electron chi connectivity index (χ2n) is 6.01. The maximum Gasteiger partial charge on any atom is 0.365 e.